The number of rotatable bonds is 4. The number of aliphatic hydroxyl groups excluding tert-OH is 1. The number of hydrogen-bond acceptors (Lipinski definition) is 2. The molecular formula is C15H23NO2. The fourth-order valence-electron chi connectivity index (χ4n) is 1.71. The molecule has 0 aliphatic rings. The molecule has 2 N–H and O–H groups in total. The van der Waals surface area contributed by atoms with Gasteiger partial charge in [-0.15, -0.1) is 0 Å². The molecule has 0 aliphatic carbocycles. The lowest BCUT2D eigenvalue weighted by Crippen LogP contribution is -2.24. The molecule has 0 saturated carbocycles. The van der Waals surface area contributed by atoms with Crippen molar-refractivity contribution in [1.82, 2.24) is 5.32 Å². The van der Waals surface area contributed by atoms with E-state index < -0.39 is 0 Å². The van der Waals surface area contributed by atoms with Crippen LogP contribution in [-0.4, -0.2) is 17.6 Å². The van der Waals surface area contributed by atoms with Crippen molar-refractivity contribution in [3.05, 3.63) is 34.9 Å². The van der Waals surface area contributed by atoms with Gasteiger partial charge in [0, 0.05) is 13.0 Å². The van der Waals surface area contributed by atoms with Gasteiger partial charge in [0.25, 0.3) is 0 Å². The molecule has 0 aliphatic heterocycles. The molecule has 1 amide bonds. The van der Waals surface area contributed by atoms with Crippen molar-refractivity contribution in [2.45, 2.75) is 46.1 Å². The van der Waals surface area contributed by atoms with E-state index in [0.717, 1.165) is 5.56 Å². The smallest absolute Gasteiger partial charge is 0.222 e. The highest BCUT2D eigenvalue weighted by atomic mass is 16.3. The maximum Gasteiger partial charge on any atom is 0.222 e. The van der Waals surface area contributed by atoms with E-state index >= 15 is 0 Å². The lowest BCUT2D eigenvalue weighted by Gasteiger charge is -2.21. The molecule has 100 valence electrons. The molecule has 3 heteroatoms. The Morgan fingerprint density at radius 3 is 2.56 bits per heavy atom. The molecule has 3 nitrogen and oxygen atoms in total. The molecule has 0 fully saturated rings. The van der Waals surface area contributed by atoms with Gasteiger partial charge in [-0.2, -0.15) is 0 Å². The monoisotopic (exact) mass is 249 g/mol. The zero-order valence-electron chi connectivity index (χ0n) is 11.7. The predicted octanol–water partition coefficient (Wildman–Crippen LogP) is 2.29. The maximum atomic E-state index is 11.3. The van der Waals surface area contributed by atoms with Gasteiger partial charge in [0.1, 0.15) is 0 Å². The van der Waals surface area contributed by atoms with E-state index in [1.165, 1.54) is 11.1 Å². The van der Waals surface area contributed by atoms with E-state index in [-0.39, 0.29) is 24.3 Å². The Morgan fingerprint density at radius 2 is 2.00 bits per heavy atom. The van der Waals surface area contributed by atoms with Gasteiger partial charge in [0.15, 0.2) is 0 Å². The number of carbonyl (C=O) groups is 1. The van der Waals surface area contributed by atoms with Gasteiger partial charge < -0.3 is 10.4 Å². The molecule has 0 bridgehead atoms. The molecule has 0 spiro atoms. The minimum absolute atomic E-state index is 0.104. The SMILES string of the molecule is Cc1ccc(C(C)(C)C)cc1CNC(=O)CCO. The molecular weight excluding hydrogens is 226 g/mol. The normalized spacial score (nSPS) is 11.4. The highest BCUT2D eigenvalue weighted by Gasteiger charge is 2.14. The van der Waals surface area contributed by atoms with E-state index in [4.69, 9.17) is 5.11 Å². The summed E-state index contributed by atoms with van der Waals surface area (Å²) in [5, 5.41) is 11.5. The molecule has 1 rings (SSSR count). The van der Waals surface area contributed by atoms with Crippen molar-refractivity contribution in [3.63, 3.8) is 0 Å². The second-order valence-corrected chi connectivity index (χ2v) is 5.64. The summed E-state index contributed by atoms with van der Waals surface area (Å²) in [6.07, 6.45) is 0.165. The first-order valence-corrected chi connectivity index (χ1v) is 6.32. The molecule has 0 aromatic heterocycles. The lowest BCUT2D eigenvalue weighted by atomic mass is 9.85. The third kappa shape index (κ3) is 4.15. The van der Waals surface area contributed by atoms with Crippen LogP contribution >= 0.6 is 0 Å². The van der Waals surface area contributed by atoms with Crippen molar-refractivity contribution >= 4 is 5.91 Å². The first-order chi connectivity index (χ1) is 8.34. The highest BCUT2D eigenvalue weighted by molar-refractivity contribution is 5.75. The maximum absolute atomic E-state index is 11.3. The first-order valence-electron chi connectivity index (χ1n) is 6.32. The summed E-state index contributed by atoms with van der Waals surface area (Å²) in [4.78, 5) is 11.3. The van der Waals surface area contributed by atoms with Gasteiger partial charge >= 0.3 is 0 Å². The summed E-state index contributed by atoms with van der Waals surface area (Å²) in [5.74, 6) is -0.113. The summed E-state index contributed by atoms with van der Waals surface area (Å²) in [7, 11) is 0. The van der Waals surface area contributed by atoms with Crippen molar-refractivity contribution < 1.29 is 9.90 Å². The lowest BCUT2D eigenvalue weighted by molar-refractivity contribution is -0.121. The summed E-state index contributed by atoms with van der Waals surface area (Å²) >= 11 is 0. The molecule has 0 atom stereocenters. The minimum atomic E-state index is -0.113. The van der Waals surface area contributed by atoms with E-state index in [1.54, 1.807) is 0 Å². The highest BCUT2D eigenvalue weighted by Crippen LogP contribution is 2.24. The Hall–Kier alpha value is -1.35. The third-order valence-electron chi connectivity index (χ3n) is 3.03. The third-order valence-corrected chi connectivity index (χ3v) is 3.03. The second kappa shape index (κ2) is 6.01. The predicted molar refractivity (Wildman–Crippen MR) is 73.4 cm³/mol. The van der Waals surface area contributed by atoms with Crippen molar-refractivity contribution in [2.24, 2.45) is 0 Å². The summed E-state index contributed by atoms with van der Waals surface area (Å²) in [5.41, 5.74) is 3.68. The van der Waals surface area contributed by atoms with E-state index in [0.29, 0.717) is 6.54 Å². The Kier molecular flexibility index (Phi) is 4.91. The first kappa shape index (κ1) is 14.7. The van der Waals surface area contributed by atoms with Crippen LogP contribution in [0.1, 0.15) is 43.9 Å². The molecule has 0 radical (unpaired) electrons. The van der Waals surface area contributed by atoms with Crippen LogP contribution in [0, 0.1) is 6.92 Å². The van der Waals surface area contributed by atoms with Crippen LogP contribution in [0.4, 0.5) is 0 Å². The minimum Gasteiger partial charge on any atom is -0.396 e. The van der Waals surface area contributed by atoms with Crippen LogP contribution in [0.2, 0.25) is 0 Å². The van der Waals surface area contributed by atoms with Crippen LogP contribution in [0.25, 0.3) is 0 Å². The number of aryl methyl sites for hydroxylation is 1. The van der Waals surface area contributed by atoms with Crippen LogP contribution in [-0.2, 0) is 16.8 Å². The largest absolute Gasteiger partial charge is 0.396 e. The van der Waals surface area contributed by atoms with Gasteiger partial charge in [-0.1, -0.05) is 39.0 Å². The fraction of sp³-hybridized carbons (Fsp3) is 0.533. The van der Waals surface area contributed by atoms with Crippen LogP contribution in [0.3, 0.4) is 0 Å². The van der Waals surface area contributed by atoms with E-state index in [1.807, 2.05) is 6.92 Å². The number of amides is 1. The molecule has 0 heterocycles. The van der Waals surface area contributed by atoms with Crippen molar-refractivity contribution in [2.75, 3.05) is 6.61 Å². The average molecular weight is 249 g/mol. The van der Waals surface area contributed by atoms with Crippen LogP contribution in [0.5, 0.6) is 0 Å². The van der Waals surface area contributed by atoms with E-state index in [9.17, 15) is 4.79 Å². The number of hydrogen-bond donors (Lipinski definition) is 2. The quantitative estimate of drug-likeness (QED) is 0.860. The number of nitrogens with one attached hydrogen (secondary N) is 1. The summed E-state index contributed by atoms with van der Waals surface area (Å²) in [6, 6.07) is 6.37. The van der Waals surface area contributed by atoms with E-state index in [2.05, 4.69) is 44.3 Å². The van der Waals surface area contributed by atoms with Crippen LogP contribution in [0.15, 0.2) is 18.2 Å². The van der Waals surface area contributed by atoms with Gasteiger partial charge in [-0.3, -0.25) is 4.79 Å². The Balaban J connectivity index is 2.79. The molecule has 18 heavy (non-hydrogen) atoms. The molecule has 1 aromatic carbocycles. The van der Waals surface area contributed by atoms with Crippen molar-refractivity contribution in [1.29, 1.82) is 0 Å². The Bertz CT molecular complexity index is 419. The summed E-state index contributed by atoms with van der Waals surface area (Å²) < 4.78 is 0. The molecule has 0 unspecified atom stereocenters. The Morgan fingerprint density at radius 1 is 1.33 bits per heavy atom. The molecule has 1 aromatic rings. The standard InChI is InChI=1S/C15H23NO2/c1-11-5-6-13(15(2,3)4)9-12(11)10-16-14(18)7-8-17/h5-6,9,17H,7-8,10H2,1-4H3,(H,16,18). The summed E-state index contributed by atoms with van der Waals surface area (Å²) in [6.45, 7) is 8.98. The zero-order valence-corrected chi connectivity index (χ0v) is 11.7. The number of carbonyl (C=O) groups excluding carboxylic acids is 1. The fourth-order valence-corrected chi connectivity index (χ4v) is 1.71. The second-order valence-electron chi connectivity index (χ2n) is 5.64. The van der Waals surface area contributed by atoms with Crippen molar-refractivity contribution in [3.8, 4) is 0 Å². The number of aliphatic hydroxyl groups is 1. The van der Waals surface area contributed by atoms with Gasteiger partial charge in [-0.25, -0.2) is 0 Å². The van der Waals surface area contributed by atoms with Crippen LogP contribution < -0.4 is 5.32 Å². The molecule has 0 saturated heterocycles. The average Bonchev–Trinajstić information content (AvgIpc) is 2.26. The number of benzene rings is 1. The van der Waals surface area contributed by atoms with Gasteiger partial charge in [0.05, 0.1) is 6.61 Å². The zero-order chi connectivity index (χ0) is 13.8. The topological polar surface area (TPSA) is 49.3 Å². The van der Waals surface area contributed by atoms with Gasteiger partial charge in [0.2, 0.25) is 5.91 Å². The van der Waals surface area contributed by atoms with Gasteiger partial charge in [-0.05, 0) is 29.0 Å². The Labute approximate surface area is 109 Å².